The van der Waals surface area contributed by atoms with Crippen LogP contribution >= 0.6 is 0 Å². The molecule has 13 heteroatoms. The zero-order chi connectivity index (χ0) is 11.3. The van der Waals surface area contributed by atoms with Crippen LogP contribution in [0.2, 0.25) is 0 Å². The first kappa shape index (κ1) is 30.1. The number of ether oxygens (including phenoxy) is 2. The Hall–Kier alpha value is -1.34. The molecule has 0 aliphatic rings. The normalized spacial score (nSPS) is 6.67. The number of carboxylic acids is 2. The van der Waals surface area contributed by atoms with Gasteiger partial charge in [0.1, 0.15) is 0 Å². The van der Waals surface area contributed by atoms with Gasteiger partial charge in [0.25, 0.3) is 0 Å². The van der Waals surface area contributed by atoms with Crippen molar-refractivity contribution in [3.05, 3.63) is 0 Å². The number of aliphatic carboxylic acids is 2. The number of esters is 2. The van der Waals surface area contributed by atoms with Crippen molar-refractivity contribution >= 4 is 30.0 Å². The average molecular weight is 256 g/mol. The maximum atomic E-state index is 10.3. The Bertz CT molecular complexity index is 310. The summed E-state index contributed by atoms with van der Waals surface area (Å²) in [6.45, 7) is 0. The molecule has 96 valence electrons. The predicted octanol–water partition coefficient (Wildman–Crippen LogP) is -7.08. The van der Waals surface area contributed by atoms with Crippen molar-refractivity contribution in [2.24, 2.45) is 0 Å². The van der Waals surface area contributed by atoms with Crippen LogP contribution in [-0.4, -0.2) is 40.2 Å². The van der Waals surface area contributed by atoms with Gasteiger partial charge in [-0.05, 0) is 0 Å². The van der Waals surface area contributed by atoms with Crippen molar-refractivity contribution in [1.82, 2.24) is 12.3 Å². The molecular formula is C5H10Li2N2O9. The fourth-order valence-corrected chi connectivity index (χ4v) is 0.260. The average Bonchev–Trinajstić information content (AvgIpc) is 2.03. The van der Waals surface area contributed by atoms with E-state index in [-0.39, 0.29) is 52.9 Å². The molecule has 8 N–H and O–H groups in total. The van der Waals surface area contributed by atoms with Crippen molar-refractivity contribution in [3.8, 4) is 0 Å². The summed E-state index contributed by atoms with van der Waals surface area (Å²) < 4.78 is 6.70. The van der Waals surface area contributed by atoms with Gasteiger partial charge in [0.05, 0.1) is 0 Å². The van der Waals surface area contributed by atoms with E-state index in [1.54, 1.807) is 0 Å². The molecule has 0 atom stereocenters. The molecule has 18 heavy (non-hydrogen) atoms. The molecule has 0 heterocycles. The van der Waals surface area contributed by atoms with Gasteiger partial charge in [-0.15, -0.1) is 0 Å². The van der Waals surface area contributed by atoms with Crippen LogP contribution in [0.3, 0.4) is 0 Å². The smallest absolute Gasteiger partial charge is 1.00 e. The summed E-state index contributed by atoms with van der Waals surface area (Å²) in [5, 5.41) is 15.8. The van der Waals surface area contributed by atoms with Crippen LogP contribution in [0.15, 0.2) is 0 Å². The minimum Gasteiger partial charge on any atom is -1.00 e. The van der Waals surface area contributed by atoms with Crippen LogP contribution in [0.4, 0.5) is 4.79 Å². The number of carbonyl (C=O) groups is 5. The second-order valence-corrected chi connectivity index (χ2v) is 1.64. The van der Waals surface area contributed by atoms with Crippen molar-refractivity contribution in [3.63, 3.8) is 0 Å². The van der Waals surface area contributed by atoms with E-state index in [1.165, 1.54) is 0 Å². The Labute approximate surface area is 127 Å². The van der Waals surface area contributed by atoms with Gasteiger partial charge in [0, 0.05) is 0 Å². The second kappa shape index (κ2) is 13.7. The van der Waals surface area contributed by atoms with E-state index >= 15 is 0 Å². The van der Waals surface area contributed by atoms with Crippen LogP contribution in [0, 0.1) is 0 Å². The maximum Gasteiger partial charge on any atom is 1.00 e. The first-order valence-electron chi connectivity index (χ1n) is 2.78. The number of hydrogen-bond acceptors (Lipinski definition) is 9. The Morgan fingerprint density at radius 3 is 1.11 bits per heavy atom. The molecule has 0 unspecified atom stereocenters. The van der Waals surface area contributed by atoms with Gasteiger partial charge < -0.3 is 34.8 Å². The van der Waals surface area contributed by atoms with E-state index in [4.69, 9.17) is 10.2 Å². The summed E-state index contributed by atoms with van der Waals surface area (Å²) in [5.41, 5.74) is 0. The van der Waals surface area contributed by atoms with Crippen LogP contribution in [0.25, 0.3) is 0 Å². The molecule has 0 aliphatic carbocycles. The largest absolute Gasteiger partial charge is 1.00 e. The minimum atomic E-state index is -2.09. The molecule has 0 amide bonds. The van der Waals surface area contributed by atoms with E-state index in [0.29, 0.717) is 0 Å². The van der Waals surface area contributed by atoms with Gasteiger partial charge in [-0.3, -0.25) is 0 Å². The minimum absolute atomic E-state index is 0. The molecule has 11 nitrogen and oxygen atoms in total. The Morgan fingerprint density at radius 1 is 0.722 bits per heavy atom. The molecule has 0 aromatic rings. The van der Waals surface area contributed by atoms with Crippen LogP contribution < -0.4 is 50.0 Å². The van der Waals surface area contributed by atoms with Gasteiger partial charge >= 0.3 is 67.8 Å². The molecule has 0 aliphatic heterocycles. The molecule has 0 rings (SSSR count). The molecule has 0 saturated heterocycles. The van der Waals surface area contributed by atoms with Crippen LogP contribution in [0.1, 0.15) is 2.85 Å². The van der Waals surface area contributed by atoms with E-state index in [0.717, 1.165) is 0 Å². The van der Waals surface area contributed by atoms with E-state index in [9.17, 15) is 24.0 Å². The summed E-state index contributed by atoms with van der Waals surface area (Å²) in [5.74, 6) is -8.17. The third kappa shape index (κ3) is 12.7. The first-order chi connectivity index (χ1) is 6.34. The maximum absolute atomic E-state index is 10.3. The number of rotatable bonds is 0. The molecule has 0 aromatic heterocycles. The first-order valence-corrected chi connectivity index (χ1v) is 2.78. The van der Waals surface area contributed by atoms with Crippen molar-refractivity contribution < 1.29 is 84.2 Å². The number of carboxylic acid groups (broad SMARTS) is 2. The van der Waals surface area contributed by atoms with Crippen molar-refractivity contribution in [2.45, 2.75) is 0 Å². The summed E-state index contributed by atoms with van der Waals surface area (Å²) in [4.78, 5) is 50.0. The number of carbonyl (C=O) groups excluding carboxylic acids is 3. The van der Waals surface area contributed by atoms with Crippen molar-refractivity contribution in [1.29, 1.82) is 0 Å². The standard InChI is InChI=1S/C5H2O9.2Li.2H3N.2H/c6-1(7)3(10)13-5(12)14-4(11)2(8)9;;;;;;/h(H,6,7)(H,8,9);;;2*1H3;;/q;2*+1;;;2*-1. The zero-order valence-corrected chi connectivity index (χ0v) is 9.67. The fourth-order valence-electron chi connectivity index (χ4n) is 0.260. The molecular weight excluding hydrogens is 246 g/mol. The predicted molar refractivity (Wildman–Crippen MR) is 45.1 cm³/mol. The summed E-state index contributed by atoms with van der Waals surface area (Å²) in [6.07, 6.45) is -2.02. The van der Waals surface area contributed by atoms with Gasteiger partial charge in [0.15, 0.2) is 0 Å². The monoisotopic (exact) mass is 256 g/mol. The van der Waals surface area contributed by atoms with Gasteiger partial charge in [-0.25, -0.2) is 24.0 Å². The third-order valence-corrected chi connectivity index (χ3v) is 0.701. The van der Waals surface area contributed by atoms with Crippen molar-refractivity contribution in [2.75, 3.05) is 0 Å². The Kier molecular flexibility index (Phi) is 22.9. The Morgan fingerprint density at radius 2 is 0.944 bits per heavy atom. The topological polar surface area (TPSA) is 214 Å². The summed E-state index contributed by atoms with van der Waals surface area (Å²) in [6, 6.07) is 0. The molecule has 0 radical (unpaired) electrons. The number of hydrogen-bond donors (Lipinski definition) is 4. The van der Waals surface area contributed by atoms with Gasteiger partial charge in [-0.2, -0.15) is 0 Å². The summed E-state index contributed by atoms with van der Waals surface area (Å²) >= 11 is 0. The van der Waals surface area contributed by atoms with Gasteiger partial charge in [0.2, 0.25) is 0 Å². The third-order valence-electron chi connectivity index (χ3n) is 0.701. The van der Waals surface area contributed by atoms with Crippen LogP contribution in [0.5, 0.6) is 0 Å². The molecule has 0 bridgehead atoms. The fraction of sp³-hybridized carbons (Fsp3) is 0. The van der Waals surface area contributed by atoms with E-state index in [2.05, 4.69) is 9.47 Å². The molecule has 0 aromatic carbocycles. The second-order valence-electron chi connectivity index (χ2n) is 1.64. The molecule has 0 saturated carbocycles. The SMILES string of the molecule is N.N.O=C(OC(=O)C(=O)O)OC(=O)C(=O)O.[H-].[H-].[Li+].[Li+]. The summed E-state index contributed by atoms with van der Waals surface area (Å²) in [7, 11) is 0. The molecule has 0 fully saturated rings. The molecule has 0 spiro atoms. The zero-order valence-electron chi connectivity index (χ0n) is 11.7. The van der Waals surface area contributed by atoms with E-state index < -0.39 is 30.0 Å². The van der Waals surface area contributed by atoms with E-state index in [1.807, 2.05) is 0 Å². The van der Waals surface area contributed by atoms with Gasteiger partial charge in [-0.1, -0.05) is 0 Å². The quantitative estimate of drug-likeness (QED) is 0.138. The van der Waals surface area contributed by atoms with Crippen LogP contribution in [-0.2, 0) is 28.7 Å². The Balaban J connectivity index is -0.0000000563.